The van der Waals surface area contributed by atoms with Gasteiger partial charge in [-0.1, -0.05) is 35.0 Å². The standard InChI is InChI=1S/C13H15N3OS/c1-10-2-4-11(5-3-10)8-16-9-12(14-15-16)13-17-6-7-18-13/h2-5,9,13H,6-8H2,1H3. The van der Waals surface area contributed by atoms with Crippen LogP contribution in [0.1, 0.15) is 22.3 Å². The third kappa shape index (κ3) is 2.57. The first-order valence-electron chi connectivity index (χ1n) is 6.00. The van der Waals surface area contributed by atoms with Crippen LogP contribution in [0.5, 0.6) is 0 Å². The molecular weight excluding hydrogens is 246 g/mol. The van der Waals surface area contributed by atoms with Crippen molar-refractivity contribution in [3.05, 3.63) is 47.3 Å². The number of benzene rings is 1. The van der Waals surface area contributed by atoms with E-state index in [1.807, 2.05) is 10.9 Å². The molecule has 1 fully saturated rings. The van der Waals surface area contributed by atoms with Crippen molar-refractivity contribution < 1.29 is 4.74 Å². The number of aryl methyl sites for hydroxylation is 1. The molecule has 2 heterocycles. The summed E-state index contributed by atoms with van der Waals surface area (Å²) in [5, 5.41) is 8.33. The van der Waals surface area contributed by atoms with Crippen molar-refractivity contribution in [2.75, 3.05) is 12.4 Å². The minimum atomic E-state index is 0.0665. The SMILES string of the molecule is Cc1ccc(Cn2cc(C3OCCS3)nn2)cc1. The van der Waals surface area contributed by atoms with Crippen LogP contribution in [0.15, 0.2) is 30.5 Å². The number of rotatable bonds is 3. The molecule has 4 nitrogen and oxygen atoms in total. The predicted molar refractivity (Wildman–Crippen MR) is 71.5 cm³/mol. The van der Waals surface area contributed by atoms with Crippen LogP contribution < -0.4 is 0 Å². The molecular formula is C13H15N3OS. The molecule has 1 aliphatic heterocycles. The van der Waals surface area contributed by atoms with Gasteiger partial charge in [-0.3, -0.25) is 0 Å². The van der Waals surface area contributed by atoms with Gasteiger partial charge < -0.3 is 4.74 Å². The van der Waals surface area contributed by atoms with Gasteiger partial charge >= 0.3 is 0 Å². The molecule has 1 aromatic carbocycles. The second-order valence-corrected chi connectivity index (χ2v) is 5.57. The highest BCUT2D eigenvalue weighted by Gasteiger charge is 2.21. The lowest BCUT2D eigenvalue weighted by Gasteiger charge is -2.03. The summed E-state index contributed by atoms with van der Waals surface area (Å²) in [6, 6.07) is 8.47. The van der Waals surface area contributed by atoms with E-state index in [4.69, 9.17) is 4.74 Å². The van der Waals surface area contributed by atoms with E-state index in [0.717, 1.165) is 24.6 Å². The maximum absolute atomic E-state index is 5.57. The van der Waals surface area contributed by atoms with Crippen molar-refractivity contribution in [2.24, 2.45) is 0 Å². The van der Waals surface area contributed by atoms with Crippen LogP contribution in [-0.2, 0) is 11.3 Å². The summed E-state index contributed by atoms with van der Waals surface area (Å²) in [4.78, 5) is 0. The number of aromatic nitrogens is 3. The highest BCUT2D eigenvalue weighted by atomic mass is 32.2. The molecule has 1 atom stereocenters. The molecule has 1 aromatic heterocycles. The summed E-state index contributed by atoms with van der Waals surface area (Å²) < 4.78 is 7.43. The molecule has 0 saturated carbocycles. The monoisotopic (exact) mass is 261 g/mol. The topological polar surface area (TPSA) is 39.9 Å². The Kier molecular flexibility index (Phi) is 3.34. The van der Waals surface area contributed by atoms with Gasteiger partial charge in [0.15, 0.2) is 0 Å². The highest BCUT2D eigenvalue weighted by molar-refractivity contribution is 7.99. The number of ether oxygens (including phenoxy) is 1. The average molecular weight is 261 g/mol. The fourth-order valence-electron chi connectivity index (χ4n) is 1.91. The Balaban J connectivity index is 1.71. The van der Waals surface area contributed by atoms with Crippen LogP contribution in [0, 0.1) is 6.92 Å². The number of thioether (sulfide) groups is 1. The Morgan fingerprint density at radius 3 is 2.94 bits per heavy atom. The number of nitrogens with zero attached hydrogens (tertiary/aromatic N) is 3. The minimum absolute atomic E-state index is 0.0665. The van der Waals surface area contributed by atoms with Crippen LogP contribution in [0.3, 0.4) is 0 Å². The molecule has 18 heavy (non-hydrogen) atoms. The van der Waals surface area contributed by atoms with Crippen molar-refractivity contribution in [3.63, 3.8) is 0 Å². The fraction of sp³-hybridized carbons (Fsp3) is 0.385. The van der Waals surface area contributed by atoms with Crippen LogP contribution in [0.4, 0.5) is 0 Å². The van der Waals surface area contributed by atoms with E-state index in [0.29, 0.717) is 0 Å². The maximum Gasteiger partial charge on any atom is 0.148 e. The largest absolute Gasteiger partial charge is 0.360 e. The van der Waals surface area contributed by atoms with Crippen LogP contribution in [-0.4, -0.2) is 27.4 Å². The first-order valence-corrected chi connectivity index (χ1v) is 7.05. The van der Waals surface area contributed by atoms with Gasteiger partial charge in [-0.2, -0.15) is 0 Å². The van der Waals surface area contributed by atoms with Crippen molar-refractivity contribution in [3.8, 4) is 0 Å². The Morgan fingerprint density at radius 2 is 2.22 bits per heavy atom. The molecule has 1 saturated heterocycles. The molecule has 0 N–H and O–H groups in total. The summed E-state index contributed by atoms with van der Waals surface area (Å²) in [6.45, 7) is 3.65. The van der Waals surface area contributed by atoms with E-state index in [-0.39, 0.29) is 5.44 Å². The van der Waals surface area contributed by atoms with E-state index in [2.05, 4.69) is 41.5 Å². The Bertz CT molecular complexity index is 517. The number of hydrogen-bond donors (Lipinski definition) is 0. The fourth-order valence-corrected chi connectivity index (χ4v) is 2.79. The normalized spacial score (nSPS) is 19.3. The Hall–Kier alpha value is -1.33. The quantitative estimate of drug-likeness (QED) is 0.850. The van der Waals surface area contributed by atoms with Gasteiger partial charge in [-0.25, -0.2) is 4.68 Å². The highest BCUT2D eigenvalue weighted by Crippen LogP contribution is 2.33. The van der Waals surface area contributed by atoms with E-state index >= 15 is 0 Å². The van der Waals surface area contributed by atoms with E-state index in [1.165, 1.54) is 11.1 Å². The van der Waals surface area contributed by atoms with E-state index in [9.17, 15) is 0 Å². The molecule has 2 aromatic rings. The van der Waals surface area contributed by atoms with Gasteiger partial charge in [0.1, 0.15) is 11.1 Å². The second kappa shape index (κ2) is 5.12. The average Bonchev–Trinajstić information content (AvgIpc) is 3.02. The van der Waals surface area contributed by atoms with Crippen molar-refractivity contribution in [1.82, 2.24) is 15.0 Å². The van der Waals surface area contributed by atoms with Crippen LogP contribution >= 0.6 is 11.8 Å². The van der Waals surface area contributed by atoms with E-state index in [1.54, 1.807) is 11.8 Å². The van der Waals surface area contributed by atoms with Gasteiger partial charge in [0.05, 0.1) is 19.3 Å². The first-order chi connectivity index (χ1) is 8.81. The van der Waals surface area contributed by atoms with Gasteiger partial charge in [-0.05, 0) is 12.5 Å². The number of hydrogen-bond acceptors (Lipinski definition) is 4. The minimum Gasteiger partial charge on any atom is -0.360 e. The molecule has 5 heteroatoms. The molecule has 1 unspecified atom stereocenters. The lowest BCUT2D eigenvalue weighted by molar-refractivity contribution is 0.142. The first kappa shape index (κ1) is 11.7. The summed E-state index contributed by atoms with van der Waals surface area (Å²) in [5.74, 6) is 1.04. The van der Waals surface area contributed by atoms with Gasteiger partial charge in [0.25, 0.3) is 0 Å². The zero-order valence-electron chi connectivity index (χ0n) is 10.2. The van der Waals surface area contributed by atoms with E-state index < -0.39 is 0 Å². The molecule has 3 rings (SSSR count). The van der Waals surface area contributed by atoms with Gasteiger partial charge in [-0.15, -0.1) is 16.9 Å². The zero-order valence-corrected chi connectivity index (χ0v) is 11.1. The van der Waals surface area contributed by atoms with Gasteiger partial charge in [0.2, 0.25) is 0 Å². The smallest absolute Gasteiger partial charge is 0.148 e. The van der Waals surface area contributed by atoms with Crippen LogP contribution in [0.2, 0.25) is 0 Å². The van der Waals surface area contributed by atoms with Gasteiger partial charge in [0, 0.05) is 5.75 Å². The summed E-state index contributed by atoms with van der Waals surface area (Å²) in [7, 11) is 0. The maximum atomic E-state index is 5.57. The predicted octanol–water partition coefficient (Wildman–Crippen LogP) is 2.40. The van der Waals surface area contributed by atoms with Crippen molar-refractivity contribution >= 4 is 11.8 Å². The third-order valence-electron chi connectivity index (χ3n) is 2.88. The lowest BCUT2D eigenvalue weighted by Crippen LogP contribution is -2.00. The lowest BCUT2D eigenvalue weighted by atomic mass is 10.1. The van der Waals surface area contributed by atoms with Crippen LogP contribution in [0.25, 0.3) is 0 Å². The summed E-state index contributed by atoms with van der Waals surface area (Å²) >= 11 is 1.78. The molecule has 0 radical (unpaired) electrons. The third-order valence-corrected chi connectivity index (χ3v) is 3.97. The second-order valence-electron chi connectivity index (χ2n) is 4.40. The van der Waals surface area contributed by atoms with Crippen molar-refractivity contribution in [1.29, 1.82) is 0 Å². The molecule has 94 valence electrons. The summed E-state index contributed by atoms with van der Waals surface area (Å²) in [6.07, 6.45) is 1.98. The molecule has 0 spiro atoms. The Labute approximate surface area is 110 Å². The molecule has 0 aliphatic carbocycles. The van der Waals surface area contributed by atoms with Crippen molar-refractivity contribution in [2.45, 2.75) is 18.9 Å². The molecule has 1 aliphatic rings. The molecule has 0 amide bonds. The molecule has 0 bridgehead atoms. The Morgan fingerprint density at radius 1 is 1.39 bits per heavy atom. The summed E-state index contributed by atoms with van der Waals surface area (Å²) in [5.41, 5.74) is 3.49. The zero-order chi connectivity index (χ0) is 12.4.